The Morgan fingerprint density at radius 2 is 2.11 bits per heavy atom. The molecule has 5 heteroatoms. The topological polar surface area (TPSA) is 69.6 Å². The van der Waals surface area contributed by atoms with Gasteiger partial charge < -0.3 is 15.3 Å². The Kier molecular flexibility index (Phi) is 4.22. The van der Waals surface area contributed by atoms with Crippen LogP contribution in [0, 0.1) is 5.92 Å². The molecule has 1 saturated carbocycles. The van der Waals surface area contributed by atoms with E-state index in [1.807, 2.05) is 6.92 Å². The maximum atomic E-state index is 12.1. The van der Waals surface area contributed by atoms with Crippen molar-refractivity contribution in [2.45, 2.75) is 51.1 Å². The smallest absolute Gasteiger partial charge is 0.243 e. The van der Waals surface area contributed by atoms with Crippen LogP contribution in [0.4, 0.5) is 0 Å². The molecule has 1 saturated heterocycles. The average Bonchev–Trinajstić information content (AvgIpc) is 3.05. The molecule has 2 fully saturated rings. The van der Waals surface area contributed by atoms with Crippen molar-refractivity contribution >= 4 is 11.8 Å². The van der Waals surface area contributed by atoms with Gasteiger partial charge in [0.25, 0.3) is 0 Å². The van der Waals surface area contributed by atoms with E-state index in [9.17, 15) is 9.59 Å². The number of aliphatic hydroxyl groups is 1. The van der Waals surface area contributed by atoms with Gasteiger partial charge >= 0.3 is 0 Å². The van der Waals surface area contributed by atoms with Crippen LogP contribution in [0.15, 0.2) is 0 Å². The minimum Gasteiger partial charge on any atom is -0.396 e. The van der Waals surface area contributed by atoms with Gasteiger partial charge in [0.1, 0.15) is 6.04 Å². The molecule has 0 aromatic carbocycles. The third-order valence-corrected chi connectivity index (χ3v) is 3.72. The first-order valence-electron chi connectivity index (χ1n) is 6.85. The van der Waals surface area contributed by atoms with E-state index in [0.717, 1.165) is 25.7 Å². The summed E-state index contributed by atoms with van der Waals surface area (Å²) in [5, 5.41) is 11.7. The summed E-state index contributed by atoms with van der Waals surface area (Å²) in [6.45, 7) is 2.65. The van der Waals surface area contributed by atoms with Crippen molar-refractivity contribution in [3.8, 4) is 0 Å². The first-order valence-corrected chi connectivity index (χ1v) is 6.85. The molecule has 2 unspecified atom stereocenters. The molecule has 2 N–H and O–H groups in total. The largest absolute Gasteiger partial charge is 0.396 e. The molecule has 2 amide bonds. The molecule has 2 aliphatic rings. The van der Waals surface area contributed by atoms with Crippen molar-refractivity contribution in [3.63, 3.8) is 0 Å². The maximum absolute atomic E-state index is 12.1. The zero-order valence-corrected chi connectivity index (χ0v) is 10.9. The normalized spacial score (nSPS) is 25.0. The highest BCUT2D eigenvalue weighted by molar-refractivity contribution is 5.90. The van der Waals surface area contributed by atoms with Crippen LogP contribution in [0.3, 0.4) is 0 Å². The van der Waals surface area contributed by atoms with Gasteiger partial charge in [0.05, 0.1) is 0 Å². The van der Waals surface area contributed by atoms with Gasteiger partial charge in [0, 0.05) is 25.1 Å². The minimum absolute atomic E-state index is 0.0408. The SMILES string of the molecule is CC(CCO)NC(=O)C1CCCN1C(=O)C1CC1. The Labute approximate surface area is 108 Å². The van der Waals surface area contributed by atoms with Gasteiger partial charge in [-0.1, -0.05) is 0 Å². The van der Waals surface area contributed by atoms with Crippen LogP contribution in [-0.4, -0.2) is 47.1 Å². The van der Waals surface area contributed by atoms with Crippen molar-refractivity contribution in [1.82, 2.24) is 10.2 Å². The quantitative estimate of drug-likeness (QED) is 0.740. The van der Waals surface area contributed by atoms with E-state index in [1.54, 1.807) is 4.90 Å². The van der Waals surface area contributed by atoms with Crippen LogP contribution in [0.1, 0.15) is 39.0 Å². The van der Waals surface area contributed by atoms with Crippen LogP contribution in [0.25, 0.3) is 0 Å². The second kappa shape index (κ2) is 5.69. The summed E-state index contributed by atoms with van der Waals surface area (Å²) in [5.74, 6) is 0.262. The molecule has 5 nitrogen and oxygen atoms in total. The fraction of sp³-hybridized carbons (Fsp3) is 0.846. The average molecular weight is 254 g/mol. The van der Waals surface area contributed by atoms with Crippen molar-refractivity contribution < 1.29 is 14.7 Å². The number of aliphatic hydroxyl groups excluding tert-OH is 1. The molecule has 1 heterocycles. The Morgan fingerprint density at radius 1 is 1.39 bits per heavy atom. The lowest BCUT2D eigenvalue weighted by molar-refractivity contribution is -0.139. The van der Waals surface area contributed by atoms with Crippen molar-refractivity contribution in [1.29, 1.82) is 0 Å². The van der Waals surface area contributed by atoms with Crippen molar-refractivity contribution in [3.05, 3.63) is 0 Å². The molecule has 2 atom stereocenters. The summed E-state index contributed by atoms with van der Waals surface area (Å²) in [7, 11) is 0. The monoisotopic (exact) mass is 254 g/mol. The van der Waals surface area contributed by atoms with Crippen LogP contribution in [-0.2, 0) is 9.59 Å². The molecule has 0 aromatic heterocycles. The molecular formula is C13H22N2O3. The Hall–Kier alpha value is -1.10. The number of likely N-dealkylation sites (tertiary alicyclic amines) is 1. The summed E-state index contributed by atoms with van der Waals surface area (Å²) in [6, 6.07) is -0.333. The number of nitrogens with one attached hydrogen (secondary N) is 1. The lowest BCUT2D eigenvalue weighted by Gasteiger charge is -2.25. The van der Waals surface area contributed by atoms with Crippen molar-refractivity contribution in [2.24, 2.45) is 5.92 Å². The van der Waals surface area contributed by atoms with Crippen LogP contribution < -0.4 is 5.32 Å². The number of hydrogen-bond acceptors (Lipinski definition) is 3. The molecule has 0 spiro atoms. The first kappa shape index (κ1) is 13.3. The van der Waals surface area contributed by atoms with Crippen LogP contribution >= 0.6 is 0 Å². The number of carbonyl (C=O) groups is 2. The predicted molar refractivity (Wildman–Crippen MR) is 66.8 cm³/mol. The second-order valence-corrected chi connectivity index (χ2v) is 5.39. The van der Waals surface area contributed by atoms with Gasteiger partial charge in [-0.15, -0.1) is 0 Å². The molecule has 18 heavy (non-hydrogen) atoms. The van der Waals surface area contributed by atoms with E-state index in [-0.39, 0.29) is 36.4 Å². The number of carbonyl (C=O) groups excluding carboxylic acids is 2. The lowest BCUT2D eigenvalue weighted by Crippen LogP contribution is -2.48. The first-order chi connectivity index (χ1) is 8.63. The fourth-order valence-electron chi connectivity index (χ4n) is 2.47. The van der Waals surface area contributed by atoms with E-state index >= 15 is 0 Å². The van der Waals surface area contributed by atoms with E-state index < -0.39 is 0 Å². The van der Waals surface area contributed by atoms with E-state index in [0.29, 0.717) is 13.0 Å². The molecule has 0 bridgehead atoms. The van der Waals surface area contributed by atoms with Crippen molar-refractivity contribution in [2.75, 3.05) is 13.2 Å². The van der Waals surface area contributed by atoms with Gasteiger partial charge in [0.2, 0.25) is 11.8 Å². The Bertz CT molecular complexity index is 328. The van der Waals surface area contributed by atoms with E-state index in [2.05, 4.69) is 5.32 Å². The van der Waals surface area contributed by atoms with Crippen LogP contribution in [0.5, 0.6) is 0 Å². The summed E-state index contributed by atoms with van der Waals surface area (Å²) >= 11 is 0. The molecule has 1 aliphatic heterocycles. The summed E-state index contributed by atoms with van der Waals surface area (Å²) in [4.78, 5) is 25.9. The highest BCUT2D eigenvalue weighted by Crippen LogP contribution is 2.33. The van der Waals surface area contributed by atoms with Gasteiger partial charge in [-0.3, -0.25) is 9.59 Å². The van der Waals surface area contributed by atoms with E-state index in [4.69, 9.17) is 5.11 Å². The number of amides is 2. The second-order valence-electron chi connectivity index (χ2n) is 5.39. The number of hydrogen-bond donors (Lipinski definition) is 2. The zero-order valence-electron chi connectivity index (χ0n) is 10.9. The summed E-state index contributed by atoms with van der Waals surface area (Å²) < 4.78 is 0. The maximum Gasteiger partial charge on any atom is 0.243 e. The third kappa shape index (κ3) is 3.02. The molecule has 2 rings (SSSR count). The number of nitrogens with zero attached hydrogens (tertiary/aromatic N) is 1. The van der Waals surface area contributed by atoms with Gasteiger partial charge in [0.15, 0.2) is 0 Å². The Balaban J connectivity index is 1.89. The number of rotatable bonds is 5. The zero-order chi connectivity index (χ0) is 13.1. The standard InChI is InChI=1S/C13H22N2O3/c1-9(6-8-16)14-12(17)11-3-2-7-15(11)13(18)10-4-5-10/h9-11,16H,2-8H2,1H3,(H,14,17). The summed E-state index contributed by atoms with van der Waals surface area (Å²) in [6.07, 6.45) is 4.17. The lowest BCUT2D eigenvalue weighted by atomic mass is 10.1. The molecule has 0 aromatic rings. The molecular weight excluding hydrogens is 232 g/mol. The Morgan fingerprint density at radius 3 is 2.72 bits per heavy atom. The van der Waals surface area contributed by atoms with Gasteiger partial charge in [-0.05, 0) is 39.0 Å². The van der Waals surface area contributed by atoms with Gasteiger partial charge in [-0.25, -0.2) is 0 Å². The highest BCUT2D eigenvalue weighted by Gasteiger charge is 2.40. The molecule has 0 radical (unpaired) electrons. The molecule has 102 valence electrons. The predicted octanol–water partition coefficient (Wildman–Crippen LogP) is 0.274. The summed E-state index contributed by atoms with van der Waals surface area (Å²) in [5.41, 5.74) is 0. The minimum atomic E-state index is -0.292. The third-order valence-electron chi connectivity index (χ3n) is 3.72. The highest BCUT2D eigenvalue weighted by atomic mass is 16.3. The van der Waals surface area contributed by atoms with E-state index in [1.165, 1.54) is 0 Å². The van der Waals surface area contributed by atoms with Crippen LogP contribution in [0.2, 0.25) is 0 Å². The fourth-order valence-corrected chi connectivity index (χ4v) is 2.47. The van der Waals surface area contributed by atoms with Gasteiger partial charge in [-0.2, -0.15) is 0 Å². The molecule has 1 aliphatic carbocycles.